The summed E-state index contributed by atoms with van der Waals surface area (Å²) in [6, 6.07) is 8.82. The highest BCUT2D eigenvalue weighted by atomic mass is 32.2. The second kappa shape index (κ2) is 6.88. The average molecular weight is 344 g/mol. The Morgan fingerprint density at radius 1 is 1.38 bits per heavy atom. The van der Waals surface area contributed by atoms with Gasteiger partial charge in [-0.1, -0.05) is 29.1 Å². The van der Waals surface area contributed by atoms with Gasteiger partial charge in [-0.05, 0) is 19.1 Å². The summed E-state index contributed by atoms with van der Waals surface area (Å²) < 4.78 is 4.76. The number of fused-ring (bicyclic) bond motifs is 1. The van der Waals surface area contributed by atoms with Crippen LogP contribution in [0.25, 0.3) is 10.9 Å². The molecule has 0 saturated carbocycles. The van der Waals surface area contributed by atoms with E-state index < -0.39 is 5.25 Å². The number of carbonyl (C=O) groups is 1. The van der Waals surface area contributed by atoms with Gasteiger partial charge in [0.2, 0.25) is 5.91 Å². The van der Waals surface area contributed by atoms with Gasteiger partial charge in [-0.2, -0.15) is 0 Å². The van der Waals surface area contributed by atoms with Gasteiger partial charge in [-0.3, -0.25) is 9.59 Å². The lowest BCUT2D eigenvalue weighted by Gasteiger charge is -2.19. The second-order valence-electron chi connectivity index (χ2n) is 5.33. The Morgan fingerprint density at radius 3 is 2.92 bits per heavy atom. The van der Waals surface area contributed by atoms with E-state index in [1.165, 1.54) is 18.0 Å². The third kappa shape index (κ3) is 3.48. The number of rotatable bonds is 5. The Balaban J connectivity index is 1.73. The maximum absolute atomic E-state index is 12.4. The van der Waals surface area contributed by atoms with Crippen molar-refractivity contribution in [3.05, 3.63) is 52.6 Å². The number of H-pyrrole nitrogens is 1. The number of carbonyl (C=O) groups excluding carboxylic acids is 1. The Morgan fingerprint density at radius 2 is 2.17 bits per heavy atom. The van der Waals surface area contributed by atoms with E-state index in [0.717, 1.165) is 0 Å². The summed E-state index contributed by atoms with van der Waals surface area (Å²) in [5, 5.41) is 4.35. The SMILES string of the molecule is C[C@@H](Sc1nc2ccccc2c(=O)[nH]1)C(=O)N(C)Cc1ccon1. The first kappa shape index (κ1) is 16.3. The van der Waals surface area contributed by atoms with Gasteiger partial charge in [0.05, 0.1) is 22.7 Å². The zero-order valence-electron chi connectivity index (χ0n) is 13.2. The first-order valence-electron chi connectivity index (χ1n) is 7.34. The molecule has 2 heterocycles. The molecule has 1 aromatic carbocycles. The summed E-state index contributed by atoms with van der Waals surface area (Å²) in [6.07, 6.45) is 1.47. The van der Waals surface area contributed by atoms with Crippen LogP contribution in [0.4, 0.5) is 0 Å². The molecule has 0 aliphatic heterocycles. The molecular weight excluding hydrogens is 328 g/mol. The fraction of sp³-hybridized carbons (Fsp3) is 0.250. The molecule has 2 aromatic heterocycles. The quantitative estimate of drug-likeness (QED) is 0.562. The highest BCUT2D eigenvalue weighted by Gasteiger charge is 2.21. The minimum atomic E-state index is -0.397. The predicted octanol–water partition coefficient (Wildman–Crippen LogP) is 2.05. The number of hydrogen-bond acceptors (Lipinski definition) is 6. The topological polar surface area (TPSA) is 92.1 Å². The van der Waals surface area contributed by atoms with Gasteiger partial charge in [0.1, 0.15) is 12.0 Å². The number of aromatic nitrogens is 3. The molecule has 1 atom stereocenters. The van der Waals surface area contributed by atoms with Gasteiger partial charge in [0, 0.05) is 13.1 Å². The molecule has 0 bridgehead atoms. The lowest BCUT2D eigenvalue weighted by atomic mass is 10.2. The fourth-order valence-corrected chi connectivity index (χ4v) is 3.21. The van der Waals surface area contributed by atoms with Gasteiger partial charge < -0.3 is 14.4 Å². The van der Waals surface area contributed by atoms with Crippen molar-refractivity contribution in [3.8, 4) is 0 Å². The molecule has 0 radical (unpaired) electrons. The Labute approximate surface area is 142 Å². The predicted molar refractivity (Wildman–Crippen MR) is 90.7 cm³/mol. The summed E-state index contributed by atoms with van der Waals surface area (Å²) in [7, 11) is 1.70. The van der Waals surface area contributed by atoms with E-state index in [1.807, 2.05) is 6.07 Å². The standard InChI is InChI=1S/C16H16N4O3S/c1-10(15(22)20(2)9-11-7-8-23-19-11)24-16-17-13-6-4-3-5-12(13)14(21)18-16/h3-8,10H,9H2,1-2H3,(H,17,18,21)/t10-/m1/s1. The molecule has 0 aliphatic carbocycles. The maximum Gasteiger partial charge on any atom is 0.259 e. The number of para-hydroxylation sites is 1. The molecule has 8 heteroatoms. The van der Waals surface area contributed by atoms with Crippen LogP contribution in [0, 0.1) is 0 Å². The van der Waals surface area contributed by atoms with Crippen LogP contribution in [0.2, 0.25) is 0 Å². The van der Waals surface area contributed by atoms with E-state index in [2.05, 4.69) is 15.1 Å². The summed E-state index contributed by atoms with van der Waals surface area (Å²) in [5.41, 5.74) is 1.08. The summed E-state index contributed by atoms with van der Waals surface area (Å²) >= 11 is 1.22. The van der Waals surface area contributed by atoms with Crippen molar-refractivity contribution in [3.63, 3.8) is 0 Å². The zero-order chi connectivity index (χ0) is 17.1. The average Bonchev–Trinajstić information content (AvgIpc) is 3.07. The zero-order valence-corrected chi connectivity index (χ0v) is 14.0. The van der Waals surface area contributed by atoms with Crippen molar-refractivity contribution >= 4 is 28.6 Å². The third-order valence-electron chi connectivity index (χ3n) is 3.49. The van der Waals surface area contributed by atoms with E-state index in [0.29, 0.717) is 28.3 Å². The normalized spacial score (nSPS) is 12.2. The van der Waals surface area contributed by atoms with Crippen molar-refractivity contribution < 1.29 is 9.32 Å². The Hall–Kier alpha value is -2.61. The molecule has 3 rings (SSSR count). The van der Waals surface area contributed by atoms with Gasteiger partial charge in [-0.25, -0.2) is 4.98 Å². The maximum atomic E-state index is 12.4. The third-order valence-corrected chi connectivity index (χ3v) is 4.47. The van der Waals surface area contributed by atoms with Gasteiger partial charge in [0.25, 0.3) is 5.56 Å². The minimum absolute atomic E-state index is 0.0844. The van der Waals surface area contributed by atoms with Crippen molar-refractivity contribution in [2.75, 3.05) is 7.05 Å². The first-order valence-corrected chi connectivity index (χ1v) is 8.22. The summed E-state index contributed by atoms with van der Waals surface area (Å²) in [4.78, 5) is 33.2. The van der Waals surface area contributed by atoms with Crippen molar-refractivity contribution in [1.82, 2.24) is 20.0 Å². The van der Waals surface area contributed by atoms with E-state index in [9.17, 15) is 9.59 Å². The molecule has 0 saturated heterocycles. The van der Waals surface area contributed by atoms with Crippen LogP contribution in [-0.4, -0.2) is 38.2 Å². The molecule has 24 heavy (non-hydrogen) atoms. The molecule has 0 fully saturated rings. The van der Waals surface area contributed by atoms with Crippen LogP contribution >= 0.6 is 11.8 Å². The van der Waals surface area contributed by atoms with Crippen LogP contribution < -0.4 is 5.56 Å². The Kier molecular flexibility index (Phi) is 4.66. The highest BCUT2D eigenvalue weighted by molar-refractivity contribution is 8.00. The monoisotopic (exact) mass is 344 g/mol. The van der Waals surface area contributed by atoms with E-state index in [4.69, 9.17) is 4.52 Å². The number of nitrogens with one attached hydrogen (secondary N) is 1. The van der Waals surface area contributed by atoms with Crippen molar-refractivity contribution in [2.45, 2.75) is 23.9 Å². The molecule has 7 nitrogen and oxygen atoms in total. The van der Waals surface area contributed by atoms with Crippen LogP contribution in [0.5, 0.6) is 0 Å². The first-order chi connectivity index (χ1) is 11.5. The molecule has 1 N–H and O–H groups in total. The van der Waals surface area contributed by atoms with Gasteiger partial charge in [-0.15, -0.1) is 0 Å². The van der Waals surface area contributed by atoms with Gasteiger partial charge >= 0.3 is 0 Å². The van der Waals surface area contributed by atoms with Crippen LogP contribution in [-0.2, 0) is 11.3 Å². The van der Waals surface area contributed by atoms with Crippen LogP contribution in [0.15, 0.2) is 51.1 Å². The number of aromatic amines is 1. The number of benzene rings is 1. The van der Waals surface area contributed by atoms with E-state index in [-0.39, 0.29) is 11.5 Å². The molecule has 1 amide bonds. The fourth-order valence-electron chi connectivity index (χ4n) is 2.29. The molecule has 0 unspecified atom stereocenters. The van der Waals surface area contributed by atoms with Crippen LogP contribution in [0.3, 0.4) is 0 Å². The smallest absolute Gasteiger partial charge is 0.259 e. The summed E-state index contributed by atoms with van der Waals surface area (Å²) in [5.74, 6) is -0.0844. The lowest BCUT2D eigenvalue weighted by Crippen LogP contribution is -2.33. The molecular formula is C16H16N4O3S. The second-order valence-corrected chi connectivity index (χ2v) is 6.66. The molecule has 0 spiro atoms. The number of nitrogens with zero attached hydrogens (tertiary/aromatic N) is 3. The van der Waals surface area contributed by atoms with E-state index >= 15 is 0 Å². The van der Waals surface area contributed by atoms with Crippen molar-refractivity contribution in [1.29, 1.82) is 0 Å². The Bertz CT molecular complexity index is 907. The number of amides is 1. The molecule has 3 aromatic rings. The van der Waals surface area contributed by atoms with Crippen molar-refractivity contribution in [2.24, 2.45) is 0 Å². The molecule has 124 valence electrons. The minimum Gasteiger partial charge on any atom is -0.364 e. The van der Waals surface area contributed by atoms with Crippen LogP contribution in [0.1, 0.15) is 12.6 Å². The van der Waals surface area contributed by atoms with Gasteiger partial charge in [0.15, 0.2) is 5.16 Å². The van der Waals surface area contributed by atoms with E-state index in [1.54, 1.807) is 43.1 Å². The molecule has 0 aliphatic rings. The number of hydrogen-bond donors (Lipinski definition) is 1. The number of thioether (sulfide) groups is 1. The highest BCUT2D eigenvalue weighted by Crippen LogP contribution is 2.21. The lowest BCUT2D eigenvalue weighted by molar-refractivity contribution is -0.129. The largest absolute Gasteiger partial charge is 0.364 e. The summed E-state index contributed by atoms with van der Waals surface area (Å²) in [6.45, 7) is 2.14.